The molecular weight excluding hydrogens is 338 g/mol. The van der Waals surface area contributed by atoms with Crippen molar-refractivity contribution in [2.24, 2.45) is 5.92 Å². The van der Waals surface area contributed by atoms with Crippen molar-refractivity contribution in [3.8, 4) is 0 Å². The van der Waals surface area contributed by atoms with E-state index in [9.17, 15) is 14.1 Å². The first kappa shape index (κ1) is 18.5. The molecule has 3 aliphatic rings. The van der Waals surface area contributed by atoms with Crippen LogP contribution in [0.3, 0.4) is 0 Å². The predicted octanol–water partition coefficient (Wildman–Crippen LogP) is 1.32. The van der Waals surface area contributed by atoms with Gasteiger partial charge < -0.3 is 9.84 Å². The number of carbonyl (C=O) groups is 1. The highest BCUT2D eigenvalue weighted by Gasteiger charge is 2.45. The lowest BCUT2D eigenvalue weighted by Crippen LogP contribution is -2.54. The average Bonchev–Trinajstić information content (AvgIpc) is 2.64. The van der Waals surface area contributed by atoms with Gasteiger partial charge in [-0.1, -0.05) is 30.3 Å². The molecular formula is C19H27NO4S. The molecule has 0 aromatic heterocycles. The Morgan fingerprint density at radius 3 is 2.52 bits per heavy atom. The summed E-state index contributed by atoms with van der Waals surface area (Å²) in [5.74, 6) is 0.386. The predicted molar refractivity (Wildman–Crippen MR) is 97.8 cm³/mol. The summed E-state index contributed by atoms with van der Waals surface area (Å²) in [6.45, 7) is 2.61. The highest BCUT2D eigenvalue weighted by Crippen LogP contribution is 2.34. The quantitative estimate of drug-likeness (QED) is 0.739. The second kappa shape index (κ2) is 7.98. The molecule has 0 saturated carbocycles. The number of aliphatic hydroxyl groups excluding tert-OH is 1. The average molecular weight is 365 g/mol. The van der Waals surface area contributed by atoms with Crippen molar-refractivity contribution in [1.82, 2.24) is 4.90 Å². The molecule has 3 atom stereocenters. The van der Waals surface area contributed by atoms with E-state index in [1.165, 1.54) is 0 Å². The molecule has 138 valence electrons. The molecule has 0 aliphatic carbocycles. The minimum absolute atomic E-state index is 0.100. The molecule has 1 aromatic carbocycles. The van der Waals surface area contributed by atoms with Gasteiger partial charge in [-0.05, 0) is 43.8 Å². The van der Waals surface area contributed by atoms with Gasteiger partial charge in [0.1, 0.15) is 11.5 Å². The molecule has 3 heterocycles. The van der Waals surface area contributed by atoms with Crippen LogP contribution >= 0.6 is 0 Å². The third kappa shape index (κ3) is 3.96. The molecule has 0 spiro atoms. The number of aliphatic hydroxyl groups is 1. The molecule has 25 heavy (non-hydrogen) atoms. The Balaban J connectivity index is 1.82. The van der Waals surface area contributed by atoms with Crippen LogP contribution in [-0.2, 0) is 25.7 Å². The van der Waals surface area contributed by atoms with Crippen LogP contribution in [-0.4, -0.2) is 64.5 Å². The molecule has 3 saturated heterocycles. The van der Waals surface area contributed by atoms with Crippen LogP contribution in [0.2, 0.25) is 0 Å². The zero-order valence-electron chi connectivity index (χ0n) is 14.7. The van der Waals surface area contributed by atoms with Crippen LogP contribution in [0.5, 0.6) is 0 Å². The fourth-order valence-corrected chi connectivity index (χ4v) is 4.60. The highest BCUT2D eigenvalue weighted by molar-refractivity contribution is 7.84. The van der Waals surface area contributed by atoms with E-state index < -0.39 is 16.2 Å². The number of piperidine rings is 3. The van der Waals surface area contributed by atoms with Gasteiger partial charge in [0, 0.05) is 29.4 Å². The fourth-order valence-electron chi connectivity index (χ4n) is 3.97. The van der Waals surface area contributed by atoms with Gasteiger partial charge in [-0.25, -0.2) is 0 Å². The van der Waals surface area contributed by atoms with Gasteiger partial charge in [0.15, 0.2) is 0 Å². The summed E-state index contributed by atoms with van der Waals surface area (Å²) >= 11 is 0. The van der Waals surface area contributed by atoms with Gasteiger partial charge in [0.05, 0.1) is 6.61 Å². The van der Waals surface area contributed by atoms with Crippen LogP contribution in [0, 0.1) is 5.92 Å². The summed E-state index contributed by atoms with van der Waals surface area (Å²) < 4.78 is 17.6. The number of hydrogen-bond acceptors (Lipinski definition) is 5. The molecule has 5 nitrogen and oxygen atoms in total. The van der Waals surface area contributed by atoms with Crippen molar-refractivity contribution in [3.63, 3.8) is 0 Å². The molecule has 4 rings (SSSR count). The summed E-state index contributed by atoms with van der Waals surface area (Å²) in [6.07, 6.45) is 3.96. The normalized spacial score (nSPS) is 29.0. The van der Waals surface area contributed by atoms with Gasteiger partial charge in [0.25, 0.3) is 0 Å². The van der Waals surface area contributed by atoms with Crippen LogP contribution in [0.15, 0.2) is 30.3 Å². The number of benzene rings is 1. The third-order valence-electron chi connectivity index (χ3n) is 5.66. The van der Waals surface area contributed by atoms with Gasteiger partial charge in [-0.3, -0.25) is 13.9 Å². The Hall–Kier alpha value is -1.24. The fraction of sp³-hybridized carbons (Fsp3) is 0.632. The molecule has 2 bridgehead atoms. The zero-order chi connectivity index (χ0) is 17.9. The second-order valence-electron chi connectivity index (χ2n) is 7.22. The summed E-state index contributed by atoms with van der Waals surface area (Å²) in [5.41, 5.74) is -0.409. The van der Waals surface area contributed by atoms with Gasteiger partial charge in [-0.2, -0.15) is 0 Å². The first-order valence-corrected chi connectivity index (χ1v) is 10.7. The van der Waals surface area contributed by atoms with Gasteiger partial charge >= 0.3 is 5.97 Å². The number of esters is 1. The van der Waals surface area contributed by atoms with E-state index >= 15 is 0 Å². The Morgan fingerprint density at radius 1 is 1.32 bits per heavy atom. The maximum absolute atomic E-state index is 13.2. The monoisotopic (exact) mass is 365 g/mol. The van der Waals surface area contributed by atoms with Crippen LogP contribution < -0.4 is 0 Å². The summed E-state index contributed by atoms with van der Waals surface area (Å²) in [5, 5.41) is 10.2. The van der Waals surface area contributed by atoms with Crippen molar-refractivity contribution in [3.05, 3.63) is 35.9 Å². The largest absolute Gasteiger partial charge is 0.460 e. The van der Waals surface area contributed by atoms with Crippen molar-refractivity contribution >= 4 is 16.8 Å². The summed E-state index contributed by atoms with van der Waals surface area (Å²) in [6, 6.07) is 9.26. The summed E-state index contributed by atoms with van der Waals surface area (Å²) in [4.78, 5) is 15.5. The van der Waals surface area contributed by atoms with E-state index in [2.05, 4.69) is 4.90 Å². The minimum atomic E-state index is -1.14. The number of carbonyl (C=O) groups excluding carboxylic acids is 1. The Bertz CT molecular complexity index is 615. The van der Waals surface area contributed by atoms with E-state index in [0.29, 0.717) is 18.1 Å². The number of nitrogens with zero attached hydrogens (tertiary/aromatic N) is 1. The SMILES string of the molecule is C[S@@](=O)CC[C@@](CO)(C(=O)O[C@H]1CN2CCC1CC2)c1ccccc1. The molecule has 3 aliphatic heterocycles. The lowest BCUT2D eigenvalue weighted by molar-refractivity contribution is -0.167. The molecule has 6 heteroatoms. The standard InChI is InChI=1S/C19H27NO4S/c1-25(23)12-9-19(14-21,16-5-3-2-4-6-16)18(22)24-17-13-20-10-7-15(17)8-11-20/h2-6,15,17,21H,7-14H2,1H3/t17-,19-,25+/m0/s1. The Morgan fingerprint density at radius 2 is 2.00 bits per heavy atom. The summed E-state index contributed by atoms with van der Waals surface area (Å²) in [7, 11) is -1.04. The smallest absolute Gasteiger partial charge is 0.319 e. The molecule has 3 fully saturated rings. The highest BCUT2D eigenvalue weighted by atomic mass is 32.2. The maximum atomic E-state index is 13.2. The molecule has 0 radical (unpaired) electrons. The molecule has 1 aromatic rings. The van der Waals surface area contributed by atoms with Crippen LogP contribution in [0.1, 0.15) is 24.8 Å². The first-order valence-electron chi connectivity index (χ1n) is 8.95. The number of hydrogen-bond donors (Lipinski definition) is 1. The number of rotatable bonds is 7. The van der Waals surface area contributed by atoms with E-state index in [1.54, 1.807) is 6.26 Å². The molecule has 1 N–H and O–H groups in total. The van der Waals surface area contributed by atoms with Crippen molar-refractivity contribution in [2.75, 3.05) is 38.2 Å². The van der Waals surface area contributed by atoms with Crippen molar-refractivity contribution in [2.45, 2.75) is 30.8 Å². The van der Waals surface area contributed by atoms with E-state index in [-0.39, 0.29) is 18.7 Å². The Kier molecular flexibility index (Phi) is 5.92. The molecule has 0 unspecified atom stereocenters. The van der Waals surface area contributed by atoms with E-state index in [1.807, 2.05) is 30.3 Å². The van der Waals surface area contributed by atoms with Crippen LogP contribution in [0.25, 0.3) is 0 Å². The minimum Gasteiger partial charge on any atom is -0.460 e. The topological polar surface area (TPSA) is 66.8 Å². The first-order chi connectivity index (χ1) is 12.0. The van der Waals surface area contributed by atoms with Crippen molar-refractivity contribution < 1.29 is 18.8 Å². The van der Waals surface area contributed by atoms with E-state index in [4.69, 9.17) is 4.74 Å². The van der Waals surface area contributed by atoms with Gasteiger partial charge in [0.2, 0.25) is 0 Å². The van der Waals surface area contributed by atoms with Gasteiger partial charge in [-0.15, -0.1) is 0 Å². The number of fused-ring (bicyclic) bond motifs is 3. The lowest BCUT2D eigenvalue weighted by Gasteiger charge is -2.45. The molecule has 0 amide bonds. The third-order valence-corrected chi connectivity index (χ3v) is 6.44. The Labute approximate surface area is 151 Å². The van der Waals surface area contributed by atoms with E-state index in [0.717, 1.165) is 38.0 Å². The maximum Gasteiger partial charge on any atom is 0.319 e. The second-order valence-corrected chi connectivity index (χ2v) is 8.77. The number of ether oxygens (including phenoxy) is 1. The van der Waals surface area contributed by atoms with Crippen LogP contribution in [0.4, 0.5) is 0 Å². The zero-order valence-corrected chi connectivity index (χ0v) is 15.5. The lowest BCUT2D eigenvalue weighted by atomic mass is 9.78. The van der Waals surface area contributed by atoms with Crippen molar-refractivity contribution in [1.29, 1.82) is 0 Å².